The quantitative estimate of drug-likeness (QED) is 0.807. The van der Waals surface area contributed by atoms with Gasteiger partial charge < -0.3 is 10.5 Å². The number of ether oxygens (including phenoxy) is 1. The van der Waals surface area contributed by atoms with Gasteiger partial charge in [0.05, 0.1) is 5.56 Å². The smallest absolute Gasteiger partial charge is 0.341 e. The van der Waals surface area contributed by atoms with E-state index in [0.717, 1.165) is 4.88 Å². The van der Waals surface area contributed by atoms with Crippen molar-refractivity contribution < 1.29 is 9.53 Å². The van der Waals surface area contributed by atoms with Crippen LogP contribution in [0.4, 0.5) is 5.00 Å². The molecule has 16 heavy (non-hydrogen) atoms. The molecule has 0 spiro atoms. The highest BCUT2D eigenvalue weighted by molar-refractivity contribution is 7.16. The van der Waals surface area contributed by atoms with Gasteiger partial charge in [0, 0.05) is 4.88 Å². The summed E-state index contributed by atoms with van der Waals surface area (Å²) in [5.74, 6) is 0.0386. The Bertz CT molecular complexity index is 388. The molecule has 2 N–H and O–H groups in total. The molecular formula is C12H19NO2S. The first-order chi connectivity index (χ1) is 7.20. The summed E-state index contributed by atoms with van der Waals surface area (Å²) in [5.41, 5.74) is 5.82. The maximum absolute atomic E-state index is 11.8. The number of thiophene rings is 1. The van der Waals surface area contributed by atoms with Crippen LogP contribution in [-0.4, -0.2) is 11.6 Å². The lowest BCUT2D eigenvalue weighted by Crippen LogP contribution is -2.24. The van der Waals surface area contributed by atoms with Gasteiger partial charge in [0.1, 0.15) is 10.6 Å². The number of hydrogen-bond donors (Lipinski definition) is 1. The minimum Gasteiger partial charge on any atom is -0.456 e. The van der Waals surface area contributed by atoms with Crippen LogP contribution in [-0.2, 0) is 4.74 Å². The van der Waals surface area contributed by atoms with Gasteiger partial charge in [0.25, 0.3) is 0 Å². The molecule has 0 amide bonds. The maximum Gasteiger partial charge on any atom is 0.341 e. The van der Waals surface area contributed by atoms with Crippen molar-refractivity contribution in [1.82, 2.24) is 0 Å². The molecule has 0 saturated carbocycles. The van der Waals surface area contributed by atoms with E-state index in [1.807, 2.05) is 26.8 Å². The molecule has 1 aromatic rings. The molecule has 0 aliphatic carbocycles. The van der Waals surface area contributed by atoms with Gasteiger partial charge in [0.15, 0.2) is 0 Å². The highest BCUT2D eigenvalue weighted by Crippen LogP contribution is 2.31. The van der Waals surface area contributed by atoms with E-state index in [4.69, 9.17) is 10.5 Å². The molecule has 0 aliphatic heterocycles. The fourth-order valence-corrected chi connectivity index (χ4v) is 2.12. The van der Waals surface area contributed by atoms with E-state index < -0.39 is 5.60 Å². The largest absolute Gasteiger partial charge is 0.456 e. The van der Waals surface area contributed by atoms with Crippen molar-refractivity contribution in [3.8, 4) is 0 Å². The second kappa shape index (κ2) is 4.45. The highest BCUT2D eigenvalue weighted by Gasteiger charge is 2.22. The minimum absolute atomic E-state index is 0.340. The van der Waals surface area contributed by atoms with Gasteiger partial charge in [-0.2, -0.15) is 0 Å². The Kier molecular flexibility index (Phi) is 3.63. The molecule has 3 nitrogen and oxygen atoms in total. The van der Waals surface area contributed by atoms with E-state index in [-0.39, 0.29) is 5.97 Å². The first-order valence-corrected chi connectivity index (χ1v) is 6.15. The summed E-state index contributed by atoms with van der Waals surface area (Å²) in [6.45, 7) is 9.68. The number of nitrogens with two attached hydrogens (primary N) is 1. The third-order valence-corrected chi connectivity index (χ3v) is 3.23. The number of anilines is 1. The number of hydrogen-bond acceptors (Lipinski definition) is 4. The van der Waals surface area contributed by atoms with E-state index in [2.05, 4.69) is 13.8 Å². The Morgan fingerprint density at radius 3 is 2.38 bits per heavy atom. The summed E-state index contributed by atoms with van der Waals surface area (Å²) in [7, 11) is 0. The summed E-state index contributed by atoms with van der Waals surface area (Å²) < 4.78 is 5.29. The third-order valence-electron chi connectivity index (χ3n) is 1.97. The van der Waals surface area contributed by atoms with Gasteiger partial charge in [-0.3, -0.25) is 0 Å². The Hall–Kier alpha value is -1.03. The predicted molar refractivity (Wildman–Crippen MR) is 68.0 cm³/mol. The third kappa shape index (κ3) is 3.23. The van der Waals surface area contributed by atoms with E-state index >= 15 is 0 Å². The van der Waals surface area contributed by atoms with E-state index in [0.29, 0.717) is 16.5 Å². The van der Waals surface area contributed by atoms with Gasteiger partial charge >= 0.3 is 5.97 Å². The summed E-state index contributed by atoms with van der Waals surface area (Å²) in [5, 5.41) is 0.540. The molecule has 0 fully saturated rings. The van der Waals surface area contributed by atoms with Crippen LogP contribution in [0.3, 0.4) is 0 Å². The Morgan fingerprint density at radius 2 is 2.00 bits per heavy atom. The normalized spacial score (nSPS) is 11.9. The van der Waals surface area contributed by atoms with Gasteiger partial charge in [-0.05, 0) is 32.8 Å². The average molecular weight is 241 g/mol. The monoisotopic (exact) mass is 241 g/mol. The second-order valence-corrected chi connectivity index (χ2v) is 6.20. The van der Waals surface area contributed by atoms with Crippen molar-refractivity contribution in [2.75, 3.05) is 5.73 Å². The topological polar surface area (TPSA) is 52.3 Å². The van der Waals surface area contributed by atoms with Crippen molar-refractivity contribution in [2.24, 2.45) is 0 Å². The van der Waals surface area contributed by atoms with Gasteiger partial charge in [0.2, 0.25) is 0 Å². The molecule has 0 unspecified atom stereocenters. The zero-order chi connectivity index (χ0) is 12.5. The highest BCUT2D eigenvalue weighted by atomic mass is 32.1. The summed E-state index contributed by atoms with van der Waals surface area (Å²) in [6, 6.07) is 1.83. The van der Waals surface area contributed by atoms with Gasteiger partial charge in [-0.15, -0.1) is 11.3 Å². The van der Waals surface area contributed by atoms with Crippen LogP contribution in [0.5, 0.6) is 0 Å². The molecule has 4 heteroatoms. The number of carbonyl (C=O) groups excluding carboxylic acids is 1. The molecule has 0 atom stereocenters. The molecule has 0 aromatic carbocycles. The Balaban J connectivity index is 2.92. The molecule has 90 valence electrons. The molecule has 1 heterocycles. The Morgan fingerprint density at radius 1 is 1.44 bits per heavy atom. The number of esters is 1. The summed E-state index contributed by atoms with van der Waals surface area (Å²) in [6.07, 6.45) is 0. The predicted octanol–water partition coefficient (Wildman–Crippen LogP) is 3.41. The number of rotatable bonds is 2. The second-order valence-electron chi connectivity index (χ2n) is 5.08. The van der Waals surface area contributed by atoms with Crippen molar-refractivity contribution >= 4 is 22.3 Å². The standard InChI is InChI=1S/C12H19NO2S/c1-7(2)9-6-8(10(13)16-9)11(14)15-12(3,4)5/h6-7H,13H2,1-5H3. The minimum atomic E-state index is -0.483. The molecule has 0 saturated heterocycles. The molecule has 0 radical (unpaired) electrons. The van der Waals surface area contributed by atoms with E-state index in [1.165, 1.54) is 11.3 Å². The lowest BCUT2D eigenvalue weighted by Gasteiger charge is -2.19. The molecule has 0 aliphatic rings. The SMILES string of the molecule is CC(C)c1cc(C(=O)OC(C)(C)C)c(N)s1. The van der Waals surface area contributed by atoms with Crippen molar-refractivity contribution in [2.45, 2.75) is 46.1 Å². The lowest BCUT2D eigenvalue weighted by molar-refractivity contribution is 0.00713. The first-order valence-electron chi connectivity index (χ1n) is 5.33. The van der Waals surface area contributed by atoms with Crippen molar-refractivity contribution in [1.29, 1.82) is 0 Å². The molecular weight excluding hydrogens is 222 g/mol. The summed E-state index contributed by atoms with van der Waals surface area (Å²) >= 11 is 1.45. The first kappa shape index (κ1) is 13.0. The zero-order valence-electron chi connectivity index (χ0n) is 10.5. The molecule has 0 bridgehead atoms. The van der Waals surface area contributed by atoms with Crippen LogP contribution >= 0.6 is 11.3 Å². The zero-order valence-corrected chi connectivity index (χ0v) is 11.3. The molecule has 1 rings (SSSR count). The van der Waals surface area contributed by atoms with Crippen LogP contribution in [0, 0.1) is 0 Å². The van der Waals surface area contributed by atoms with E-state index in [1.54, 1.807) is 0 Å². The lowest BCUT2D eigenvalue weighted by atomic mass is 10.1. The van der Waals surface area contributed by atoms with Crippen molar-refractivity contribution in [3.63, 3.8) is 0 Å². The number of nitrogen functional groups attached to an aromatic ring is 1. The van der Waals surface area contributed by atoms with E-state index in [9.17, 15) is 4.79 Å². The van der Waals surface area contributed by atoms with Crippen LogP contribution in [0.1, 0.15) is 55.8 Å². The van der Waals surface area contributed by atoms with Crippen molar-refractivity contribution in [3.05, 3.63) is 16.5 Å². The van der Waals surface area contributed by atoms with Crippen LogP contribution < -0.4 is 5.73 Å². The summed E-state index contributed by atoms with van der Waals surface area (Å²) in [4.78, 5) is 12.9. The average Bonchev–Trinajstić information content (AvgIpc) is 2.44. The fraction of sp³-hybridized carbons (Fsp3) is 0.583. The van der Waals surface area contributed by atoms with Gasteiger partial charge in [-0.25, -0.2) is 4.79 Å². The number of carbonyl (C=O) groups is 1. The van der Waals surface area contributed by atoms with Crippen LogP contribution in [0.2, 0.25) is 0 Å². The fourth-order valence-electron chi connectivity index (χ4n) is 1.20. The van der Waals surface area contributed by atoms with Crippen LogP contribution in [0.15, 0.2) is 6.07 Å². The Labute approximate surface area is 101 Å². The maximum atomic E-state index is 11.8. The molecule has 1 aromatic heterocycles. The van der Waals surface area contributed by atoms with Gasteiger partial charge in [-0.1, -0.05) is 13.8 Å². The van der Waals surface area contributed by atoms with Crippen LogP contribution in [0.25, 0.3) is 0 Å².